The van der Waals surface area contributed by atoms with Crippen LogP contribution in [0.4, 0.5) is 10.1 Å². The van der Waals surface area contributed by atoms with Gasteiger partial charge in [0.05, 0.1) is 13.2 Å². The Morgan fingerprint density at radius 1 is 1.16 bits per heavy atom. The fourth-order valence-electron chi connectivity index (χ4n) is 7.10. The van der Waals surface area contributed by atoms with Crippen LogP contribution in [0.3, 0.4) is 0 Å². The van der Waals surface area contributed by atoms with Crippen molar-refractivity contribution in [3.05, 3.63) is 52.6 Å². The standard InChI is InChI=1S/C33H49FN2O2/c1-6-10-24-18-25(20-32-30(24)15-16-38-32)26-19-27(9-4)35(21-26)22-33(37)36(28(11-7-2)12-8-3)29-13-14-31(34)23(5)17-29/h13-14,17,20,25-28H,6-12,15-16,18-19,21-22H2,1-5H3. The number of benzene rings is 1. The highest BCUT2D eigenvalue weighted by molar-refractivity contribution is 5.95. The lowest BCUT2D eigenvalue weighted by Crippen LogP contribution is -2.47. The van der Waals surface area contributed by atoms with Crippen LogP contribution in [0, 0.1) is 24.6 Å². The molecule has 0 bridgehead atoms. The van der Waals surface area contributed by atoms with E-state index < -0.39 is 0 Å². The predicted octanol–water partition coefficient (Wildman–Crippen LogP) is 7.96. The molecule has 1 aromatic carbocycles. The maximum atomic E-state index is 14.1. The van der Waals surface area contributed by atoms with Gasteiger partial charge in [-0.15, -0.1) is 0 Å². The summed E-state index contributed by atoms with van der Waals surface area (Å²) < 4.78 is 20.2. The molecule has 4 nitrogen and oxygen atoms in total. The lowest BCUT2D eigenvalue weighted by molar-refractivity contribution is -0.120. The Morgan fingerprint density at radius 2 is 1.92 bits per heavy atom. The molecular formula is C33H49FN2O2. The van der Waals surface area contributed by atoms with Gasteiger partial charge in [0.1, 0.15) is 11.6 Å². The zero-order valence-electron chi connectivity index (χ0n) is 24.4. The number of likely N-dealkylation sites (tertiary alicyclic amines) is 1. The van der Waals surface area contributed by atoms with Gasteiger partial charge in [-0.25, -0.2) is 4.39 Å². The first kappa shape index (κ1) is 28.9. The van der Waals surface area contributed by atoms with E-state index >= 15 is 0 Å². The fourth-order valence-corrected chi connectivity index (χ4v) is 7.10. The van der Waals surface area contributed by atoms with Gasteiger partial charge in [-0.2, -0.15) is 0 Å². The summed E-state index contributed by atoms with van der Waals surface area (Å²) in [5, 5.41) is 0. The van der Waals surface area contributed by atoms with Gasteiger partial charge in [-0.3, -0.25) is 9.69 Å². The molecule has 3 aliphatic rings. The number of ether oxygens (including phenoxy) is 1. The van der Waals surface area contributed by atoms with Crippen LogP contribution in [0.1, 0.15) is 97.5 Å². The molecule has 2 saturated heterocycles. The van der Waals surface area contributed by atoms with Crippen LogP contribution in [0.15, 0.2) is 41.2 Å². The Bertz CT molecular complexity index is 1030. The van der Waals surface area contributed by atoms with Gasteiger partial charge in [0, 0.05) is 30.7 Å². The fraction of sp³-hybridized carbons (Fsp3) is 0.667. The average Bonchev–Trinajstić information content (AvgIpc) is 3.54. The minimum atomic E-state index is -0.218. The lowest BCUT2D eigenvalue weighted by Gasteiger charge is -2.34. The molecule has 1 aliphatic carbocycles. The van der Waals surface area contributed by atoms with E-state index in [0.717, 1.165) is 76.0 Å². The maximum Gasteiger partial charge on any atom is 0.241 e. The molecule has 1 aromatic rings. The highest BCUT2D eigenvalue weighted by Crippen LogP contribution is 2.43. The predicted molar refractivity (Wildman–Crippen MR) is 155 cm³/mol. The molecule has 0 N–H and O–H groups in total. The molecule has 2 aliphatic heterocycles. The molecule has 210 valence electrons. The first-order chi connectivity index (χ1) is 18.4. The van der Waals surface area contributed by atoms with E-state index in [9.17, 15) is 9.18 Å². The van der Waals surface area contributed by atoms with Crippen LogP contribution in [0.25, 0.3) is 0 Å². The number of anilines is 1. The number of nitrogens with zero attached hydrogens (tertiary/aromatic N) is 2. The van der Waals surface area contributed by atoms with Gasteiger partial charge in [-0.05, 0) is 92.7 Å². The molecule has 2 heterocycles. The van der Waals surface area contributed by atoms with E-state index in [4.69, 9.17) is 4.74 Å². The Labute approximate surface area is 230 Å². The molecule has 38 heavy (non-hydrogen) atoms. The second-order valence-electron chi connectivity index (χ2n) is 11.7. The zero-order valence-corrected chi connectivity index (χ0v) is 24.4. The highest BCUT2D eigenvalue weighted by atomic mass is 19.1. The molecule has 4 rings (SSSR count). The molecule has 0 radical (unpaired) electrons. The first-order valence-electron chi connectivity index (χ1n) is 15.3. The average molecular weight is 525 g/mol. The third-order valence-electron chi connectivity index (χ3n) is 9.01. The van der Waals surface area contributed by atoms with Gasteiger partial charge in [0.25, 0.3) is 0 Å². The van der Waals surface area contributed by atoms with Crippen molar-refractivity contribution in [2.75, 3.05) is 24.6 Å². The number of amides is 1. The number of halogens is 1. The van der Waals surface area contributed by atoms with E-state index in [1.165, 1.54) is 24.5 Å². The van der Waals surface area contributed by atoms with Crippen molar-refractivity contribution in [1.82, 2.24) is 4.90 Å². The summed E-state index contributed by atoms with van der Waals surface area (Å²) in [4.78, 5) is 18.5. The summed E-state index contributed by atoms with van der Waals surface area (Å²) >= 11 is 0. The van der Waals surface area contributed by atoms with Crippen molar-refractivity contribution in [2.24, 2.45) is 11.8 Å². The van der Waals surface area contributed by atoms with E-state index in [2.05, 4.69) is 38.7 Å². The van der Waals surface area contributed by atoms with Crippen LogP contribution >= 0.6 is 0 Å². The Balaban J connectivity index is 1.53. The number of fused-ring (bicyclic) bond motifs is 1. The maximum absolute atomic E-state index is 14.1. The molecule has 5 heteroatoms. The highest BCUT2D eigenvalue weighted by Gasteiger charge is 2.39. The third-order valence-corrected chi connectivity index (χ3v) is 9.01. The number of aryl methyl sites for hydroxylation is 1. The van der Waals surface area contributed by atoms with Crippen LogP contribution in [-0.4, -0.2) is 42.6 Å². The number of carbonyl (C=O) groups excluding carboxylic acids is 1. The smallest absolute Gasteiger partial charge is 0.241 e. The molecular weight excluding hydrogens is 475 g/mol. The van der Waals surface area contributed by atoms with Gasteiger partial charge in [-0.1, -0.05) is 52.5 Å². The van der Waals surface area contributed by atoms with Gasteiger partial charge >= 0.3 is 0 Å². The lowest BCUT2D eigenvalue weighted by atomic mass is 9.78. The zero-order chi connectivity index (χ0) is 27.2. The molecule has 0 aromatic heterocycles. The number of carbonyl (C=O) groups is 1. The monoisotopic (exact) mass is 524 g/mol. The molecule has 3 unspecified atom stereocenters. The van der Waals surface area contributed by atoms with Crippen molar-refractivity contribution in [3.63, 3.8) is 0 Å². The molecule has 3 atom stereocenters. The van der Waals surface area contributed by atoms with Crippen molar-refractivity contribution in [2.45, 2.75) is 111 Å². The molecule has 0 saturated carbocycles. The summed E-state index contributed by atoms with van der Waals surface area (Å²) in [6.45, 7) is 12.9. The number of allylic oxidation sites excluding steroid dienone is 3. The van der Waals surface area contributed by atoms with Crippen LogP contribution < -0.4 is 4.90 Å². The van der Waals surface area contributed by atoms with E-state index in [0.29, 0.717) is 30.0 Å². The van der Waals surface area contributed by atoms with E-state index in [1.54, 1.807) is 18.6 Å². The molecule has 2 fully saturated rings. The normalized spacial score (nSPS) is 23.6. The van der Waals surface area contributed by atoms with Crippen LogP contribution in [0.2, 0.25) is 0 Å². The summed E-state index contributed by atoms with van der Waals surface area (Å²) in [6.07, 6.45) is 13.1. The van der Waals surface area contributed by atoms with Gasteiger partial charge in [0.2, 0.25) is 5.91 Å². The van der Waals surface area contributed by atoms with Gasteiger partial charge < -0.3 is 9.64 Å². The Hall–Kier alpha value is -2.14. The van der Waals surface area contributed by atoms with E-state index in [1.807, 2.05) is 11.0 Å². The minimum absolute atomic E-state index is 0.142. The second kappa shape index (κ2) is 13.3. The molecule has 1 amide bonds. The molecule has 0 spiro atoms. The van der Waals surface area contributed by atoms with Gasteiger partial charge in [0.15, 0.2) is 0 Å². The Kier molecular flexibility index (Phi) is 10.1. The summed E-state index contributed by atoms with van der Waals surface area (Å²) in [5.41, 5.74) is 4.51. The van der Waals surface area contributed by atoms with Crippen LogP contribution in [-0.2, 0) is 9.53 Å². The van der Waals surface area contributed by atoms with Crippen molar-refractivity contribution in [3.8, 4) is 0 Å². The number of hydrogen-bond acceptors (Lipinski definition) is 3. The summed E-state index contributed by atoms with van der Waals surface area (Å²) in [7, 11) is 0. The SMILES string of the molecule is CCCC1=C2CCOC2=CC(C2CC(CC)N(CC(=O)N(c3ccc(F)c(C)c3)C(CCC)CCC)C2)C1. The van der Waals surface area contributed by atoms with Crippen LogP contribution in [0.5, 0.6) is 0 Å². The summed E-state index contributed by atoms with van der Waals surface area (Å²) in [5.74, 6) is 2.11. The van der Waals surface area contributed by atoms with Crippen molar-refractivity contribution in [1.29, 1.82) is 0 Å². The first-order valence-corrected chi connectivity index (χ1v) is 15.3. The van der Waals surface area contributed by atoms with Crippen molar-refractivity contribution >= 4 is 11.6 Å². The quantitative estimate of drug-likeness (QED) is 0.278. The largest absolute Gasteiger partial charge is 0.493 e. The second-order valence-corrected chi connectivity index (χ2v) is 11.7. The number of hydrogen-bond donors (Lipinski definition) is 0. The summed E-state index contributed by atoms with van der Waals surface area (Å²) in [6, 6.07) is 5.71. The Morgan fingerprint density at radius 3 is 2.58 bits per heavy atom. The third kappa shape index (κ3) is 6.35. The topological polar surface area (TPSA) is 32.8 Å². The van der Waals surface area contributed by atoms with Crippen molar-refractivity contribution < 1.29 is 13.9 Å². The number of rotatable bonds is 12. The minimum Gasteiger partial charge on any atom is -0.493 e. The van der Waals surface area contributed by atoms with E-state index in [-0.39, 0.29) is 17.8 Å².